The molecule has 2 nitrogen and oxygen atoms in total. The molecule has 0 amide bonds. The standard InChI is InChI=1S/C14H23NO/c1-6-15-8-13(16)7-14-11(4)9(2)10(3)12(14)5/h7,11,15-16H,6,8H2,1-5H3. The minimum atomic E-state index is 0.422. The molecular formula is C14H23NO. The number of hydrogen-bond acceptors (Lipinski definition) is 2. The van der Waals surface area contributed by atoms with Crippen molar-refractivity contribution in [1.82, 2.24) is 5.32 Å². The van der Waals surface area contributed by atoms with E-state index in [0.29, 0.717) is 18.2 Å². The SMILES string of the molecule is CCNCC(O)=CC1=C(C)C(C)=C(C)C1C. The second-order valence-electron chi connectivity index (χ2n) is 4.53. The van der Waals surface area contributed by atoms with Gasteiger partial charge >= 0.3 is 0 Å². The first kappa shape index (κ1) is 13.0. The fraction of sp³-hybridized carbons (Fsp3) is 0.571. The maximum absolute atomic E-state index is 9.79. The molecule has 1 rings (SSSR count). The van der Waals surface area contributed by atoms with Gasteiger partial charge in [0.25, 0.3) is 0 Å². The predicted molar refractivity (Wildman–Crippen MR) is 69.5 cm³/mol. The van der Waals surface area contributed by atoms with E-state index >= 15 is 0 Å². The van der Waals surface area contributed by atoms with Gasteiger partial charge in [-0.25, -0.2) is 0 Å². The number of hydrogen-bond donors (Lipinski definition) is 2. The van der Waals surface area contributed by atoms with Crippen molar-refractivity contribution in [1.29, 1.82) is 0 Å². The third-order valence-electron chi connectivity index (χ3n) is 3.58. The van der Waals surface area contributed by atoms with Crippen LogP contribution in [0.4, 0.5) is 0 Å². The topological polar surface area (TPSA) is 32.3 Å². The maximum Gasteiger partial charge on any atom is 0.106 e. The van der Waals surface area contributed by atoms with Crippen molar-refractivity contribution in [2.24, 2.45) is 5.92 Å². The summed E-state index contributed by atoms with van der Waals surface area (Å²) in [6, 6.07) is 0. The number of allylic oxidation sites excluding steroid dienone is 5. The summed E-state index contributed by atoms with van der Waals surface area (Å²) in [5.41, 5.74) is 5.36. The minimum absolute atomic E-state index is 0.422. The summed E-state index contributed by atoms with van der Waals surface area (Å²) < 4.78 is 0. The van der Waals surface area contributed by atoms with E-state index < -0.39 is 0 Å². The molecule has 0 spiro atoms. The Hall–Kier alpha value is -1.02. The van der Waals surface area contributed by atoms with Gasteiger partial charge in [-0.2, -0.15) is 0 Å². The van der Waals surface area contributed by atoms with Gasteiger partial charge < -0.3 is 10.4 Å². The van der Waals surface area contributed by atoms with E-state index in [9.17, 15) is 5.11 Å². The van der Waals surface area contributed by atoms with Crippen molar-refractivity contribution >= 4 is 0 Å². The number of likely N-dealkylation sites (N-methyl/N-ethyl adjacent to an activating group) is 1. The van der Waals surface area contributed by atoms with Crippen molar-refractivity contribution in [2.45, 2.75) is 34.6 Å². The second kappa shape index (κ2) is 5.35. The van der Waals surface area contributed by atoms with Crippen LogP contribution in [0.25, 0.3) is 0 Å². The maximum atomic E-state index is 9.79. The lowest BCUT2D eigenvalue weighted by Gasteiger charge is -2.09. The molecule has 0 aliphatic heterocycles. The van der Waals surface area contributed by atoms with Crippen LogP contribution in [0, 0.1) is 5.92 Å². The molecule has 0 aromatic rings. The number of rotatable bonds is 4. The van der Waals surface area contributed by atoms with Gasteiger partial charge in [-0.05, 0) is 50.1 Å². The van der Waals surface area contributed by atoms with Gasteiger partial charge in [0, 0.05) is 5.92 Å². The highest BCUT2D eigenvalue weighted by Gasteiger charge is 2.22. The van der Waals surface area contributed by atoms with Crippen LogP contribution >= 0.6 is 0 Å². The summed E-state index contributed by atoms with van der Waals surface area (Å²) in [7, 11) is 0. The van der Waals surface area contributed by atoms with Crippen LogP contribution in [0.5, 0.6) is 0 Å². The molecular weight excluding hydrogens is 198 g/mol. The van der Waals surface area contributed by atoms with Crippen LogP contribution < -0.4 is 5.32 Å². The van der Waals surface area contributed by atoms with E-state index in [1.54, 1.807) is 0 Å². The average molecular weight is 221 g/mol. The molecule has 0 saturated heterocycles. The van der Waals surface area contributed by atoms with Crippen LogP contribution in [0.2, 0.25) is 0 Å². The molecule has 0 aromatic carbocycles. The lowest BCUT2D eigenvalue weighted by molar-refractivity contribution is 0.389. The summed E-state index contributed by atoms with van der Waals surface area (Å²) >= 11 is 0. The van der Waals surface area contributed by atoms with Crippen molar-refractivity contribution in [3.8, 4) is 0 Å². The Bertz CT molecular complexity index is 361. The van der Waals surface area contributed by atoms with Gasteiger partial charge in [-0.1, -0.05) is 19.4 Å². The van der Waals surface area contributed by atoms with Crippen molar-refractivity contribution < 1.29 is 5.11 Å². The molecule has 0 saturated carbocycles. The van der Waals surface area contributed by atoms with E-state index in [0.717, 1.165) is 6.54 Å². The molecule has 90 valence electrons. The first-order chi connectivity index (χ1) is 7.49. The molecule has 0 aromatic heterocycles. The zero-order chi connectivity index (χ0) is 12.3. The lowest BCUT2D eigenvalue weighted by Crippen LogP contribution is -2.16. The normalized spacial score (nSPS) is 22.3. The summed E-state index contributed by atoms with van der Waals surface area (Å²) in [4.78, 5) is 0. The molecule has 0 radical (unpaired) electrons. The van der Waals surface area contributed by atoms with E-state index in [1.165, 1.54) is 22.3 Å². The predicted octanol–water partition coefficient (Wildman–Crippen LogP) is 3.34. The van der Waals surface area contributed by atoms with E-state index in [-0.39, 0.29) is 0 Å². The third-order valence-corrected chi connectivity index (χ3v) is 3.58. The minimum Gasteiger partial charge on any atom is -0.511 e. The van der Waals surface area contributed by atoms with Gasteiger partial charge in [0.1, 0.15) is 5.76 Å². The van der Waals surface area contributed by atoms with Gasteiger partial charge in [-0.15, -0.1) is 0 Å². The monoisotopic (exact) mass is 221 g/mol. The Labute approximate surface area is 98.8 Å². The Morgan fingerprint density at radius 1 is 1.31 bits per heavy atom. The Morgan fingerprint density at radius 3 is 2.38 bits per heavy atom. The Kier molecular flexibility index (Phi) is 4.36. The summed E-state index contributed by atoms with van der Waals surface area (Å²) in [5.74, 6) is 0.856. The van der Waals surface area contributed by atoms with E-state index in [2.05, 4.69) is 33.0 Å². The Balaban J connectivity index is 2.84. The number of aliphatic hydroxyl groups excluding tert-OH is 1. The zero-order valence-corrected chi connectivity index (χ0v) is 11.0. The van der Waals surface area contributed by atoms with E-state index in [1.807, 2.05) is 13.0 Å². The van der Waals surface area contributed by atoms with Crippen LogP contribution in [0.1, 0.15) is 34.6 Å². The molecule has 2 heteroatoms. The smallest absolute Gasteiger partial charge is 0.106 e. The van der Waals surface area contributed by atoms with Crippen LogP contribution in [-0.4, -0.2) is 18.2 Å². The van der Waals surface area contributed by atoms with Gasteiger partial charge in [0.05, 0.1) is 6.54 Å². The second-order valence-corrected chi connectivity index (χ2v) is 4.53. The largest absolute Gasteiger partial charge is 0.511 e. The molecule has 1 atom stereocenters. The van der Waals surface area contributed by atoms with Crippen LogP contribution in [0.3, 0.4) is 0 Å². The summed E-state index contributed by atoms with van der Waals surface area (Å²) in [6.45, 7) is 12.1. The van der Waals surface area contributed by atoms with E-state index in [4.69, 9.17) is 0 Å². The first-order valence-electron chi connectivity index (χ1n) is 5.97. The van der Waals surface area contributed by atoms with Gasteiger partial charge in [0.15, 0.2) is 0 Å². The summed E-state index contributed by atoms with van der Waals surface area (Å²) in [6.07, 6.45) is 1.92. The highest BCUT2D eigenvalue weighted by atomic mass is 16.3. The molecule has 0 fully saturated rings. The summed E-state index contributed by atoms with van der Waals surface area (Å²) in [5, 5.41) is 12.9. The quantitative estimate of drug-likeness (QED) is 0.714. The molecule has 1 aliphatic rings. The molecule has 16 heavy (non-hydrogen) atoms. The Morgan fingerprint density at radius 2 is 1.94 bits per heavy atom. The molecule has 1 unspecified atom stereocenters. The zero-order valence-electron chi connectivity index (χ0n) is 11.0. The van der Waals surface area contributed by atoms with Gasteiger partial charge in [0.2, 0.25) is 0 Å². The van der Waals surface area contributed by atoms with Crippen LogP contribution in [-0.2, 0) is 0 Å². The number of aliphatic hydroxyl groups is 1. The average Bonchev–Trinajstić information content (AvgIpc) is 2.44. The molecule has 0 bridgehead atoms. The van der Waals surface area contributed by atoms with Crippen molar-refractivity contribution in [2.75, 3.05) is 13.1 Å². The van der Waals surface area contributed by atoms with Gasteiger partial charge in [-0.3, -0.25) is 0 Å². The molecule has 0 heterocycles. The molecule has 2 N–H and O–H groups in total. The number of nitrogens with one attached hydrogen (secondary N) is 1. The fourth-order valence-corrected chi connectivity index (χ4v) is 2.11. The highest BCUT2D eigenvalue weighted by Crippen LogP contribution is 2.37. The van der Waals surface area contributed by atoms with Crippen molar-refractivity contribution in [3.63, 3.8) is 0 Å². The molecule has 1 aliphatic carbocycles. The fourth-order valence-electron chi connectivity index (χ4n) is 2.11. The highest BCUT2D eigenvalue weighted by molar-refractivity contribution is 5.51. The van der Waals surface area contributed by atoms with Crippen molar-refractivity contribution in [3.05, 3.63) is 34.1 Å². The first-order valence-corrected chi connectivity index (χ1v) is 5.97. The lowest BCUT2D eigenvalue weighted by atomic mass is 9.97. The third kappa shape index (κ3) is 2.56. The van der Waals surface area contributed by atoms with Crippen LogP contribution in [0.15, 0.2) is 34.1 Å².